The second kappa shape index (κ2) is 13.1. The summed E-state index contributed by atoms with van der Waals surface area (Å²) in [5.41, 5.74) is 12.0. The number of hydrogen-bond acceptors (Lipinski definition) is 7. The molecule has 0 fully saturated rings. The number of oxazole rings is 2. The first-order chi connectivity index (χ1) is 27.5. The maximum absolute atomic E-state index is 9.56. The monoisotopic (exact) mass is 719 g/mol. The molecule has 0 N–H and O–H groups in total. The predicted molar refractivity (Wildman–Crippen MR) is 222 cm³/mol. The number of fused-ring (bicyclic) bond motifs is 4. The summed E-state index contributed by atoms with van der Waals surface area (Å²) in [6.07, 6.45) is 0. The summed E-state index contributed by atoms with van der Waals surface area (Å²) in [6.45, 7) is 2.05. The number of nitriles is 2. The normalized spacial score (nSPS) is 11.3. The van der Waals surface area contributed by atoms with Crippen LogP contribution < -0.4 is 4.90 Å². The van der Waals surface area contributed by atoms with E-state index in [0.29, 0.717) is 34.0 Å². The fourth-order valence-electron chi connectivity index (χ4n) is 7.35. The third-order valence-corrected chi connectivity index (χ3v) is 10.2. The van der Waals surface area contributed by atoms with Crippen molar-refractivity contribution in [3.8, 4) is 46.2 Å². The highest BCUT2D eigenvalue weighted by atomic mass is 16.4. The Hall–Kier alpha value is -8.00. The van der Waals surface area contributed by atoms with E-state index in [9.17, 15) is 10.5 Å². The zero-order valence-corrected chi connectivity index (χ0v) is 30.1. The molecule has 8 aromatic carbocycles. The molecule has 56 heavy (non-hydrogen) atoms. The molecule has 0 aliphatic heterocycles. The smallest absolute Gasteiger partial charge is 0.227 e. The van der Waals surface area contributed by atoms with Crippen molar-refractivity contribution in [2.75, 3.05) is 4.90 Å². The minimum absolute atomic E-state index is 0.490. The number of nitrogens with zero attached hydrogens (tertiary/aromatic N) is 5. The lowest BCUT2D eigenvalue weighted by Gasteiger charge is -2.26. The summed E-state index contributed by atoms with van der Waals surface area (Å²) in [6, 6.07) is 57.2. The first-order valence-electron chi connectivity index (χ1n) is 18.2. The average Bonchev–Trinajstić information content (AvgIpc) is 3.88. The Bertz CT molecular complexity index is 3240. The zero-order chi connectivity index (χ0) is 37.8. The molecule has 2 aromatic heterocycles. The van der Waals surface area contributed by atoms with Crippen LogP contribution in [0.15, 0.2) is 167 Å². The van der Waals surface area contributed by atoms with Crippen molar-refractivity contribution < 1.29 is 8.83 Å². The lowest BCUT2D eigenvalue weighted by molar-refractivity contribution is 0.619. The Labute approximate surface area is 321 Å². The van der Waals surface area contributed by atoms with Crippen molar-refractivity contribution in [2.24, 2.45) is 0 Å². The van der Waals surface area contributed by atoms with E-state index in [4.69, 9.17) is 13.8 Å². The molecule has 0 saturated heterocycles. The largest absolute Gasteiger partial charge is 0.436 e. The Balaban J connectivity index is 1.03. The van der Waals surface area contributed by atoms with Gasteiger partial charge in [-0.1, -0.05) is 48.5 Å². The van der Waals surface area contributed by atoms with Gasteiger partial charge >= 0.3 is 0 Å². The second-order valence-corrected chi connectivity index (χ2v) is 13.8. The van der Waals surface area contributed by atoms with Gasteiger partial charge in [0.1, 0.15) is 11.0 Å². The van der Waals surface area contributed by atoms with Gasteiger partial charge in [-0.3, -0.25) is 0 Å². The van der Waals surface area contributed by atoms with Crippen LogP contribution in [0.3, 0.4) is 0 Å². The van der Waals surface area contributed by atoms with Crippen LogP contribution in [-0.4, -0.2) is 9.97 Å². The number of hydrogen-bond donors (Lipinski definition) is 0. The summed E-state index contributed by atoms with van der Waals surface area (Å²) in [5.74, 6) is 1.07. The molecule has 0 amide bonds. The average molecular weight is 720 g/mol. The van der Waals surface area contributed by atoms with E-state index < -0.39 is 0 Å². The molecule has 0 atom stereocenters. The number of aryl methyl sites for hydroxylation is 1. The molecular weight excluding hydrogens is 691 g/mol. The molecule has 0 bridgehead atoms. The fraction of sp³-hybridized carbons (Fsp3) is 0.0204. The summed E-state index contributed by atoms with van der Waals surface area (Å²) in [7, 11) is 0. The van der Waals surface area contributed by atoms with E-state index in [0.717, 1.165) is 77.5 Å². The second-order valence-electron chi connectivity index (χ2n) is 13.8. The van der Waals surface area contributed by atoms with E-state index in [1.807, 2.05) is 73.7 Å². The van der Waals surface area contributed by atoms with E-state index in [1.54, 1.807) is 18.2 Å². The van der Waals surface area contributed by atoms with Gasteiger partial charge in [0.05, 0.1) is 23.3 Å². The van der Waals surface area contributed by atoms with Gasteiger partial charge in [0, 0.05) is 28.2 Å². The molecule has 10 rings (SSSR count). The van der Waals surface area contributed by atoms with Crippen molar-refractivity contribution in [1.29, 1.82) is 10.5 Å². The highest BCUT2D eigenvalue weighted by Gasteiger charge is 2.17. The Morgan fingerprint density at radius 2 is 1.05 bits per heavy atom. The van der Waals surface area contributed by atoms with Crippen LogP contribution in [0.5, 0.6) is 0 Å². The molecular formula is C49H29N5O2. The third-order valence-electron chi connectivity index (χ3n) is 10.2. The van der Waals surface area contributed by atoms with Crippen LogP contribution in [-0.2, 0) is 0 Å². The van der Waals surface area contributed by atoms with Crippen molar-refractivity contribution in [2.45, 2.75) is 6.92 Å². The Morgan fingerprint density at radius 3 is 1.73 bits per heavy atom. The van der Waals surface area contributed by atoms with Gasteiger partial charge in [-0.2, -0.15) is 10.5 Å². The maximum Gasteiger partial charge on any atom is 0.227 e. The Kier molecular flexibility index (Phi) is 7.66. The molecule has 10 aromatic rings. The number of benzene rings is 8. The van der Waals surface area contributed by atoms with Gasteiger partial charge < -0.3 is 13.7 Å². The van der Waals surface area contributed by atoms with Crippen LogP contribution in [0, 0.1) is 29.6 Å². The van der Waals surface area contributed by atoms with Crippen molar-refractivity contribution in [3.63, 3.8) is 0 Å². The first kappa shape index (κ1) is 32.6. The topological polar surface area (TPSA) is 103 Å². The quantitative estimate of drug-likeness (QED) is 0.168. The summed E-state index contributed by atoms with van der Waals surface area (Å²) < 4.78 is 12.2. The van der Waals surface area contributed by atoms with Gasteiger partial charge in [0.25, 0.3) is 0 Å². The highest BCUT2D eigenvalue weighted by molar-refractivity contribution is 5.95. The summed E-state index contributed by atoms with van der Waals surface area (Å²) in [5, 5.41) is 23.1. The molecule has 7 nitrogen and oxygen atoms in total. The van der Waals surface area contributed by atoms with Crippen LogP contribution in [0.25, 0.3) is 77.8 Å². The molecule has 0 spiro atoms. The molecule has 262 valence electrons. The van der Waals surface area contributed by atoms with Crippen molar-refractivity contribution >= 4 is 60.8 Å². The number of aromatic nitrogens is 2. The standard InChI is InChI=1S/C49H29N5O2/c1-30-5-21-46-44(23-30)52-48(55-46)32-9-15-40(16-10-32)54(41-17-11-33(12-18-41)49-53-45-24-31(28-50)6-22-47(45)56-49)42-19-13-35-25-34(7-8-37(35)27-42)36-14-20-43-38(26-36)3-2-4-39(43)29-51/h2-27H,1H3. The molecule has 2 heterocycles. The molecule has 7 heteroatoms. The SMILES string of the molecule is Cc1ccc2oc(-c3ccc(N(c4ccc(-c5nc6cc(C#N)ccc6o5)cc4)c4ccc5cc(-c6ccc7c(C#N)cccc7c6)ccc5c4)cc3)nc2c1. The van der Waals surface area contributed by atoms with Crippen molar-refractivity contribution in [1.82, 2.24) is 9.97 Å². The molecule has 0 radical (unpaired) electrons. The number of anilines is 3. The van der Waals surface area contributed by atoms with Crippen LogP contribution >= 0.6 is 0 Å². The van der Waals surface area contributed by atoms with Gasteiger partial charge in [0.2, 0.25) is 11.8 Å². The summed E-state index contributed by atoms with van der Waals surface area (Å²) >= 11 is 0. The summed E-state index contributed by atoms with van der Waals surface area (Å²) in [4.78, 5) is 11.6. The predicted octanol–water partition coefficient (Wildman–Crippen LogP) is 12.8. The maximum atomic E-state index is 9.56. The molecule has 0 aliphatic rings. The first-order valence-corrected chi connectivity index (χ1v) is 18.2. The lowest BCUT2D eigenvalue weighted by atomic mass is 9.97. The molecule has 0 saturated carbocycles. The number of rotatable bonds is 6. The lowest BCUT2D eigenvalue weighted by Crippen LogP contribution is -2.09. The van der Waals surface area contributed by atoms with Gasteiger partial charge in [-0.05, 0) is 154 Å². The minimum Gasteiger partial charge on any atom is -0.436 e. The molecule has 0 aliphatic carbocycles. The van der Waals surface area contributed by atoms with E-state index in [2.05, 4.69) is 94.8 Å². The van der Waals surface area contributed by atoms with Gasteiger partial charge in [-0.15, -0.1) is 0 Å². The van der Waals surface area contributed by atoms with Crippen LogP contribution in [0.1, 0.15) is 16.7 Å². The third kappa shape index (κ3) is 5.78. The van der Waals surface area contributed by atoms with Gasteiger partial charge in [0.15, 0.2) is 11.2 Å². The van der Waals surface area contributed by atoms with Crippen LogP contribution in [0.4, 0.5) is 17.1 Å². The van der Waals surface area contributed by atoms with Gasteiger partial charge in [-0.25, -0.2) is 9.97 Å². The van der Waals surface area contributed by atoms with E-state index in [-0.39, 0.29) is 0 Å². The molecule has 0 unspecified atom stereocenters. The van der Waals surface area contributed by atoms with Crippen molar-refractivity contribution in [3.05, 3.63) is 174 Å². The van der Waals surface area contributed by atoms with E-state index >= 15 is 0 Å². The zero-order valence-electron chi connectivity index (χ0n) is 30.1. The van der Waals surface area contributed by atoms with E-state index in [1.165, 1.54) is 0 Å². The fourth-order valence-corrected chi connectivity index (χ4v) is 7.35. The van der Waals surface area contributed by atoms with Crippen LogP contribution in [0.2, 0.25) is 0 Å². The minimum atomic E-state index is 0.490. The highest BCUT2D eigenvalue weighted by Crippen LogP contribution is 2.39. The Morgan fingerprint density at radius 1 is 0.482 bits per heavy atom.